The molecule has 1 saturated heterocycles. The van der Waals surface area contributed by atoms with Gasteiger partial charge in [-0.3, -0.25) is 9.79 Å². The molecule has 1 N–H and O–H groups in total. The Morgan fingerprint density at radius 2 is 2.19 bits per heavy atom. The maximum absolute atomic E-state index is 11.1. The minimum atomic E-state index is -0.186. The van der Waals surface area contributed by atoms with Crippen LogP contribution in [0.5, 0.6) is 5.75 Å². The highest BCUT2D eigenvalue weighted by molar-refractivity contribution is 5.91. The van der Waals surface area contributed by atoms with Crippen molar-refractivity contribution in [3.8, 4) is 5.75 Å². The van der Waals surface area contributed by atoms with Gasteiger partial charge in [0.05, 0.1) is 19.1 Å². The largest absolute Gasteiger partial charge is 0.508 e. The Morgan fingerprint density at radius 1 is 1.44 bits per heavy atom. The van der Waals surface area contributed by atoms with Gasteiger partial charge in [0.15, 0.2) is 0 Å². The number of phenols is 1. The summed E-state index contributed by atoms with van der Waals surface area (Å²) in [5, 5.41) is 9.09. The summed E-state index contributed by atoms with van der Waals surface area (Å²) in [6.07, 6.45) is 2.38. The molecule has 1 aliphatic rings. The zero-order chi connectivity index (χ0) is 11.4. The van der Waals surface area contributed by atoms with Crippen LogP contribution in [0.1, 0.15) is 12.0 Å². The standard InChI is InChI=1S/C12H13NO3/c14-11-3-1-9(2-4-11)7-13-8-10-5-6-16-12(10)15/h1-4,8,10,14H,5-7H2. The lowest BCUT2D eigenvalue weighted by Gasteiger charge is -1.98. The highest BCUT2D eigenvalue weighted by Crippen LogP contribution is 2.13. The number of esters is 1. The third-order valence-corrected chi connectivity index (χ3v) is 2.47. The summed E-state index contributed by atoms with van der Waals surface area (Å²) < 4.78 is 4.82. The molecule has 0 aromatic heterocycles. The molecular weight excluding hydrogens is 206 g/mol. The number of nitrogens with zero attached hydrogens (tertiary/aromatic N) is 1. The van der Waals surface area contributed by atoms with E-state index < -0.39 is 0 Å². The fourth-order valence-electron chi connectivity index (χ4n) is 1.53. The van der Waals surface area contributed by atoms with E-state index in [-0.39, 0.29) is 17.6 Å². The fourth-order valence-corrected chi connectivity index (χ4v) is 1.53. The van der Waals surface area contributed by atoms with Crippen LogP contribution in [0.25, 0.3) is 0 Å². The molecule has 4 heteroatoms. The Hall–Kier alpha value is -1.84. The van der Waals surface area contributed by atoms with E-state index in [0.29, 0.717) is 13.2 Å². The normalized spacial score (nSPS) is 20.2. The van der Waals surface area contributed by atoms with E-state index in [0.717, 1.165) is 12.0 Å². The number of hydrogen-bond acceptors (Lipinski definition) is 4. The molecule has 2 rings (SSSR count). The molecule has 16 heavy (non-hydrogen) atoms. The Kier molecular flexibility index (Phi) is 3.19. The highest BCUT2D eigenvalue weighted by Gasteiger charge is 2.24. The Morgan fingerprint density at radius 3 is 2.81 bits per heavy atom. The monoisotopic (exact) mass is 219 g/mol. The summed E-state index contributed by atoms with van der Waals surface area (Å²) in [5.41, 5.74) is 1.00. The predicted octanol–water partition coefficient (Wildman–Crippen LogP) is 1.53. The summed E-state index contributed by atoms with van der Waals surface area (Å²) in [6, 6.07) is 6.85. The molecule has 0 saturated carbocycles. The first-order valence-electron chi connectivity index (χ1n) is 5.20. The fraction of sp³-hybridized carbons (Fsp3) is 0.333. The second kappa shape index (κ2) is 4.79. The smallest absolute Gasteiger partial charge is 0.314 e. The van der Waals surface area contributed by atoms with Crippen LogP contribution in [-0.2, 0) is 16.1 Å². The van der Waals surface area contributed by atoms with Crippen LogP contribution in [0.4, 0.5) is 0 Å². The number of ether oxygens (including phenoxy) is 1. The van der Waals surface area contributed by atoms with Crippen LogP contribution in [0.3, 0.4) is 0 Å². The van der Waals surface area contributed by atoms with Gasteiger partial charge in [-0.25, -0.2) is 0 Å². The third kappa shape index (κ3) is 2.59. The minimum absolute atomic E-state index is 0.183. The summed E-state index contributed by atoms with van der Waals surface area (Å²) in [5.74, 6) is -0.126. The van der Waals surface area contributed by atoms with Gasteiger partial charge in [0.25, 0.3) is 0 Å². The van der Waals surface area contributed by atoms with E-state index in [4.69, 9.17) is 9.84 Å². The number of cyclic esters (lactones) is 1. The minimum Gasteiger partial charge on any atom is -0.508 e. The average molecular weight is 219 g/mol. The Balaban J connectivity index is 1.89. The number of carbonyl (C=O) groups excluding carboxylic acids is 1. The van der Waals surface area contributed by atoms with Crippen molar-refractivity contribution in [2.75, 3.05) is 6.61 Å². The highest BCUT2D eigenvalue weighted by atomic mass is 16.5. The van der Waals surface area contributed by atoms with Gasteiger partial charge in [0, 0.05) is 6.21 Å². The zero-order valence-corrected chi connectivity index (χ0v) is 8.80. The van der Waals surface area contributed by atoms with E-state index in [1.54, 1.807) is 30.5 Å². The Bertz CT molecular complexity index is 397. The van der Waals surface area contributed by atoms with Crippen molar-refractivity contribution in [1.82, 2.24) is 0 Å². The van der Waals surface area contributed by atoms with E-state index in [1.165, 1.54) is 0 Å². The summed E-state index contributed by atoms with van der Waals surface area (Å²) in [6.45, 7) is 1.01. The van der Waals surface area contributed by atoms with Gasteiger partial charge in [-0.15, -0.1) is 0 Å². The van der Waals surface area contributed by atoms with Gasteiger partial charge < -0.3 is 9.84 Å². The van der Waals surface area contributed by atoms with Gasteiger partial charge in [-0.2, -0.15) is 0 Å². The maximum Gasteiger partial charge on any atom is 0.314 e. The second-order valence-corrected chi connectivity index (χ2v) is 3.72. The molecule has 84 valence electrons. The van der Waals surface area contributed by atoms with Gasteiger partial charge in [-0.05, 0) is 24.1 Å². The molecule has 1 fully saturated rings. The van der Waals surface area contributed by atoms with Crippen molar-refractivity contribution in [3.05, 3.63) is 29.8 Å². The van der Waals surface area contributed by atoms with E-state index in [2.05, 4.69) is 4.99 Å². The first-order valence-corrected chi connectivity index (χ1v) is 5.20. The van der Waals surface area contributed by atoms with Crippen LogP contribution in [0.15, 0.2) is 29.3 Å². The van der Waals surface area contributed by atoms with E-state index >= 15 is 0 Å². The molecule has 0 bridgehead atoms. The molecule has 4 nitrogen and oxygen atoms in total. The van der Waals surface area contributed by atoms with Crippen molar-refractivity contribution in [1.29, 1.82) is 0 Å². The number of aliphatic imine (C=N–C) groups is 1. The number of benzene rings is 1. The molecule has 1 aliphatic heterocycles. The van der Waals surface area contributed by atoms with Gasteiger partial charge in [0.2, 0.25) is 0 Å². The van der Waals surface area contributed by atoms with Crippen LogP contribution >= 0.6 is 0 Å². The third-order valence-electron chi connectivity index (χ3n) is 2.47. The van der Waals surface area contributed by atoms with Crippen molar-refractivity contribution in [2.45, 2.75) is 13.0 Å². The van der Waals surface area contributed by atoms with Gasteiger partial charge in [0.1, 0.15) is 5.75 Å². The number of hydrogen-bond donors (Lipinski definition) is 1. The first-order chi connectivity index (χ1) is 7.75. The van der Waals surface area contributed by atoms with E-state index in [9.17, 15) is 4.79 Å². The quantitative estimate of drug-likeness (QED) is 0.619. The molecule has 1 heterocycles. The number of rotatable bonds is 3. The van der Waals surface area contributed by atoms with Crippen LogP contribution in [0.2, 0.25) is 0 Å². The first kappa shape index (κ1) is 10.7. The van der Waals surface area contributed by atoms with Gasteiger partial charge in [-0.1, -0.05) is 12.1 Å². The van der Waals surface area contributed by atoms with Crippen LogP contribution in [0, 0.1) is 5.92 Å². The molecule has 1 aromatic carbocycles. The molecule has 0 amide bonds. The van der Waals surface area contributed by atoms with Crippen molar-refractivity contribution >= 4 is 12.2 Å². The SMILES string of the molecule is O=C1OCCC1C=NCc1ccc(O)cc1. The summed E-state index contributed by atoms with van der Waals surface area (Å²) >= 11 is 0. The predicted molar refractivity (Wildman–Crippen MR) is 59.4 cm³/mol. The lowest BCUT2D eigenvalue weighted by Crippen LogP contribution is -2.08. The van der Waals surface area contributed by atoms with Crippen LogP contribution < -0.4 is 0 Å². The maximum atomic E-state index is 11.1. The molecule has 0 spiro atoms. The zero-order valence-electron chi connectivity index (χ0n) is 8.80. The van der Waals surface area contributed by atoms with Crippen molar-refractivity contribution in [2.24, 2.45) is 10.9 Å². The lowest BCUT2D eigenvalue weighted by molar-refractivity contribution is -0.139. The molecule has 1 aromatic rings. The van der Waals surface area contributed by atoms with Crippen molar-refractivity contribution in [3.63, 3.8) is 0 Å². The number of aromatic hydroxyl groups is 1. The Labute approximate surface area is 93.6 Å². The van der Waals surface area contributed by atoms with E-state index in [1.807, 2.05) is 0 Å². The topological polar surface area (TPSA) is 58.9 Å². The lowest BCUT2D eigenvalue weighted by atomic mass is 10.1. The number of phenolic OH excluding ortho intramolecular Hbond substituents is 1. The molecule has 0 aliphatic carbocycles. The molecule has 1 unspecified atom stereocenters. The molecule has 1 atom stereocenters. The molecule has 0 radical (unpaired) electrons. The van der Waals surface area contributed by atoms with Crippen molar-refractivity contribution < 1.29 is 14.6 Å². The van der Waals surface area contributed by atoms with Crippen LogP contribution in [-0.4, -0.2) is 23.9 Å². The summed E-state index contributed by atoms with van der Waals surface area (Å²) in [7, 11) is 0. The number of carbonyl (C=O) groups is 1. The average Bonchev–Trinajstić information content (AvgIpc) is 2.68. The second-order valence-electron chi connectivity index (χ2n) is 3.72. The molecular formula is C12H13NO3. The van der Waals surface area contributed by atoms with Gasteiger partial charge >= 0.3 is 5.97 Å². The summed E-state index contributed by atoms with van der Waals surface area (Å²) in [4.78, 5) is 15.3.